The molecule has 45 heavy (non-hydrogen) atoms. The van der Waals surface area contributed by atoms with Gasteiger partial charge in [-0.3, -0.25) is 14.9 Å². The van der Waals surface area contributed by atoms with Gasteiger partial charge in [-0.2, -0.15) is 0 Å². The van der Waals surface area contributed by atoms with E-state index < -0.39 is 40.6 Å². The highest BCUT2D eigenvalue weighted by Gasteiger charge is 2.64. The van der Waals surface area contributed by atoms with Crippen LogP contribution >= 0.6 is 0 Å². The number of aliphatic hydroxyl groups excluding tert-OH is 1. The second kappa shape index (κ2) is 10.2. The molecule has 1 saturated heterocycles. The van der Waals surface area contributed by atoms with Crippen molar-refractivity contribution < 1.29 is 42.6 Å². The molecule has 13 heteroatoms. The van der Waals surface area contributed by atoms with Crippen molar-refractivity contribution in [3.63, 3.8) is 0 Å². The van der Waals surface area contributed by atoms with Crippen molar-refractivity contribution in [1.29, 1.82) is 0 Å². The van der Waals surface area contributed by atoms with E-state index in [0.29, 0.717) is 35.3 Å². The van der Waals surface area contributed by atoms with Gasteiger partial charge in [0.2, 0.25) is 0 Å². The monoisotopic (exact) mass is 623 g/mol. The van der Waals surface area contributed by atoms with E-state index in [-0.39, 0.29) is 35.5 Å². The summed E-state index contributed by atoms with van der Waals surface area (Å²) in [6, 6.07) is 10.5. The minimum absolute atomic E-state index is 0.00555. The number of nitrogens with zero attached hydrogens (tertiary/aromatic N) is 2. The van der Waals surface area contributed by atoms with Crippen LogP contribution < -0.4 is 14.8 Å². The minimum Gasteiger partial charge on any atom is -0.504 e. The highest BCUT2D eigenvalue weighted by molar-refractivity contribution is 6.02. The van der Waals surface area contributed by atoms with E-state index in [1.165, 1.54) is 36.4 Å². The van der Waals surface area contributed by atoms with E-state index in [4.69, 9.17) is 4.74 Å². The maximum Gasteiger partial charge on any atom is 0.573 e. The first-order chi connectivity index (χ1) is 21.4. The van der Waals surface area contributed by atoms with Crippen LogP contribution in [0.15, 0.2) is 60.7 Å². The number of nitro groups is 1. The van der Waals surface area contributed by atoms with Gasteiger partial charge in [0.15, 0.2) is 11.5 Å². The quantitative estimate of drug-likeness (QED) is 0.206. The first-order valence-corrected chi connectivity index (χ1v) is 14.4. The summed E-state index contributed by atoms with van der Waals surface area (Å²) in [5.41, 5.74) is 2.13. The number of likely N-dealkylation sites (N-methyl/N-ethyl adjacent to an activating group) is 1. The number of aromatic hydroxyl groups is 1. The zero-order chi connectivity index (χ0) is 31.8. The number of benzene rings is 3. The Kier molecular flexibility index (Phi) is 6.60. The van der Waals surface area contributed by atoms with E-state index in [1.807, 2.05) is 13.1 Å². The lowest BCUT2D eigenvalue weighted by Gasteiger charge is -2.56. The van der Waals surface area contributed by atoms with Crippen molar-refractivity contribution in [1.82, 2.24) is 10.2 Å². The molecular weight excluding hydrogens is 595 g/mol. The molecule has 10 nitrogen and oxygen atoms in total. The van der Waals surface area contributed by atoms with Crippen LogP contribution in [0, 0.1) is 16.0 Å². The fraction of sp³-hybridized carbons (Fsp3) is 0.344. The summed E-state index contributed by atoms with van der Waals surface area (Å²) in [4.78, 5) is 27.0. The van der Waals surface area contributed by atoms with Crippen LogP contribution in [-0.4, -0.2) is 64.1 Å². The number of likely N-dealkylation sites (tertiary alicyclic amines) is 1. The lowest BCUT2D eigenvalue weighted by molar-refractivity contribution is -0.384. The molecule has 3 N–H and O–H groups in total. The van der Waals surface area contributed by atoms with Crippen molar-refractivity contribution >= 4 is 11.6 Å². The van der Waals surface area contributed by atoms with Gasteiger partial charge in [-0.15, -0.1) is 13.2 Å². The van der Waals surface area contributed by atoms with Crippen LogP contribution in [0.25, 0.3) is 11.1 Å². The Morgan fingerprint density at radius 2 is 1.93 bits per heavy atom. The average molecular weight is 624 g/mol. The number of amides is 1. The van der Waals surface area contributed by atoms with Crippen molar-refractivity contribution in [3.05, 3.63) is 93.1 Å². The molecule has 1 amide bonds. The molecule has 5 atom stereocenters. The molecule has 2 heterocycles. The molecule has 3 aromatic carbocycles. The molecule has 2 bridgehead atoms. The fourth-order valence-corrected chi connectivity index (χ4v) is 7.72. The Bertz CT molecular complexity index is 1760. The molecule has 2 aliphatic carbocycles. The summed E-state index contributed by atoms with van der Waals surface area (Å²) in [6.07, 6.45) is -1.27. The standard InChI is InChI=1S/C32H28F3N3O7/c1-37-11-10-31-23-8-9-25(39)29(31)44-28-26(40)14-20(21(27(28)31)13-24(23)37)19-7-4-17(38(42)43)12-22(19)30(41)36-15-16-2-5-18(6-3-16)45-32(33,34)35/h2-9,12,14,23-25,29,39-40H,10-11,13,15H2,1H3,(H,36,41)/t23-,24+,25-,29-,31-/m0/s1. The van der Waals surface area contributed by atoms with Crippen molar-refractivity contribution in [3.8, 4) is 28.4 Å². The van der Waals surface area contributed by atoms with E-state index >= 15 is 0 Å². The molecular formula is C32H28F3N3O7. The molecule has 0 unspecified atom stereocenters. The normalized spacial score (nSPS) is 26.2. The molecule has 0 saturated carbocycles. The maximum atomic E-state index is 13.6. The number of carbonyl (C=O) groups is 1. The van der Waals surface area contributed by atoms with Gasteiger partial charge in [0.1, 0.15) is 18.0 Å². The van der Waals surface area contributed by atoms with Crippen LogP contribution in [0.3, 0.4) is 0 Å². The van der Waals surface area contributed by atoms with Crippen LogP contribution in [0.5, 0.6) is 17.2 Å². The number of hydrogen-bond donors (Lipinski definition) is 3. The largest absolute Gasteiger partial charge is 0.573 e. The lowest BCUT2D eigenvalue weighted by atomic mass is 9.53. The third kappa shape index (κ3) is 4.60. The summed E-state index contributed by atoms with van der Waals surface area (Å²) in [7, 11) is 2.04. The number of nitrogens with one attached hydrogen (secondary N) is 1. The first-order valence-electron chi connectivity index (χ1n) is 14.4. The van der Waals surface area contributed by atoms with Crippen LogP contribution in [-0.2, 0) is 18.4 Å². The number of non-ortho nitro benzene ring substituents is 1. The third-order valence-electron chi connectivity index (χ3n) is 9.64. The highest BCUT2D eigenvalue weighted by Crippen LogP contribution is 2.63. The Hall–Kier alpha value is -4.62. The maximum absolute atomic E-state index is 13.6. The van der Waals surface area contributed by atoms with E-state index in [2.05, 4.69) is 15.0 Å². The summed E-state index contributed by atoms with van der Waals surface area (Å²) in [5.74, 6) is -0.859. The number of nitro benzene ring substituents is 1. The van der Waals surface area contributed by atoms with Gasteiger partial charge in [0, 0.05) is 41.6 Å². The number of piperidine rings is 1. The molecule has 0 aromatic heterocycles. The number of phenolic OH excluding ortho intramolecular Hbond substituents is 1. The number of rotatable bonds is 6. The number of aliphatic hydroxyl groups is 1. The van der Waals surface area contributed by atoms with Gasteiger partial charge in [0.05, 0.1) is 10.5 Å². The summed E-state index contributed by atoms with van der Waals surface area (Å²) in [5, 5.41) is 36.7. The topological polar surface area (TPSA) is 134 Å². The molecule has 7 rings (SSSR count). The van der Waals surface area contributed by atoms with Gasteiger partial charge < -0.3 is 29.9 Å². The number of carbonyl (C=O) groups excluding carboxylic acids is 1. The Morgan fingerprint density at radius 3 is 2.64 bits per heavy atom. The van der Waals surface area contributed by atoms with Gasteiger partial charge in [-0.1, -0.05) is 24.3 Å². The Balaban J connectivity index is 1.29. The highest BCUT2D eigenvalue weighted by atomic mass is 19.4. The molecule has 3 aromatic rings. The summed E-state index contributed by atoms with van der Waals surface area (Å²) < 4.78 is 47.7. The first kappa shape index (κ1) is 29.1. The Morgan fingerprint density at radius 1 is 1.18 bits per heavy atom. The number of ether oxygens (including phenoxy) is 2. The van der Waals surface area contributed by atoms with E-state index in [0.717, 1.165) is 29.8 Å². The molecule has 4 aliphatic rings. The smallest absolute Gasteiger partial charge is 0.504 e. The average Bonchev–Trinajstić information content (AvgIpc) is 3.35. The SMILES string of the molecule is CN1CC[C@]23c4c5c(-c6ccc([N+](=O)[O-])cc6C(=O)NCc6ccc(OC(F)(F)F)cc6)cc(O)c4O[C@H]2[C@@H](O)C=C[C@H]3[C@H]1C5. The molecule has 1 spiro atoms. The summed E-state index contributed by atoms with van der Waals surface area (Å²) >= 11 is 0. The predicted octanol–water partition coefficient (Wildman–Crippen LogP) is 4.60. The summed E-state index contributed by atoms with van der Waals surface area (Å²) in [6.45, 7) is 0.687. The van der Waals surface area contributed by atoms with Crippen LogP contribution in [0.1, 0.15) is 33.5 Å². The van der Waals surface area contributed by atoms with Gasteiger partial charge >= 0.3 is 6.36 Å². The molecule has 1 fully saturated rings. The zero-order valence-corrected chi connectivity index (χ0v) is 23.9. The van der Waals surface area contributed by atoms with Crippen molar-refractivity contribution in [2.24, 2.45) is 5.92 Å². The minimum atomic E-state index is -4.84. The Labute approximate surface area is 254 Å². The zero-order valence-electron chi connectivity index (χ0n) is 23.9. The van der Waals surface area contributed by atoms with E-state index in [1.54, 1.807) is 6.08 Å². The van der Waals surface area contributed by atoms with E-state index in [9.17, 15) is 38.3 Å². The van der Waals surface area contributed by atoms with Crippen molar-refractivity contribution in [2.45, 2.75) is 49.4 Å². The number of halogens is 3. The van der Waals surface area contributed by atoms with Crippen LogP contribution in [0.4, 0.5) is 18.9 Å². The number of hydrogen-bond acceptors (Lipinski definition) is 8. The molecule has 234 valence electrons. The third-order valence-corrected chi connectivity index (χ3v) is 9.64. The number of alkyl halides is 3. The second-order valence-electron chi connectivity index (χ2n) is 12.0. The van der Waals surface area contributed by atoms with Crippen LogP contribution in [0.2, 0.25) is 0 Å². The van der Waals surface area contributed by atoms with Crippen molar-refractivity contribution in [2.75, 3.05) is 13.6 Å². The van der Waals surface area contributed by atoms with Gasteiger partial charge in [-0.25, -0.2) is 0 Å². The second-order valence-corrected chi connectivity index (χ2v) is 12.0. The fourth-order valence-electron chi connectivity index (χ4n) is 7.72. The van der Waals surface area contributed by atoms with Gasteiger partial charge in [-0.05, 0) is 73.0 Å². The molecule has 2 aliphatic heterocycles. The number of phenols is 1. The molecule has 0 radical (unpaired) electrons. The van der Waals surface area contributed by atoms with Gasteiger partial charge in [0.25, 0.3) is 11.6 Å². The lowest BCUT2D eigenvalue weighted by Crippen LogP contribution is -2.64. The predicted molar refractivity (Wildman–Crippen MR) is 154 cm³/mol.